The number of alkyl halides is 3. The van der Waals surface area contributed by atoms with E-state index in [2.05, 4.69) is 17.0 Å². The summed E-state index contributed by atoms with van der Waals surface area (Å²) in [4.78, 5) is 20.4. The number of fused-ring (bicyclic) bond motifs is 8. The van der Waals surface area contributed by atoms with Gasteiger partial charge in [-0.2, -0.15) is 13.2 Å². The topological polar surface area (TPSA) is 25.9 Å². The van der Waals surface area contributed by atoms with Crippen molar-refractivity contribution in [3.63, 3.8) is 0 Å². The van der Waals surface area contributed by atoms with E-state index in [1.165, 1.54) is 0 Å². The van der Waals surface area contributed by atoms with Crippen LogP contribution in [0, 0.1) is 0 Å². The summed E-state index contributed by atoms with van der Waals surface area (Å²) in [7, 11) is 0. The fraction of sp³-hybridized carbons (Fsp3) is 0.0185. The van der Waals surface area contributed by atoms with E-state index in [4.69, 9.17) is 4.98 Å². The highest BCUT2D eigenvalue weighted by molar-refractivity contribution is 8.00. The average Bonchev–Trinajstić information content (AvgIpc) is 3.35. The van der Waals surface area contributed by atoms with Gasteiger partial charge in [0.1, 0.15) is 11.3 Å². The van der Waals surface area contributed by atoms with Crippen molar-refractivity contribution in [3.05, 3.63) is 200 Å². The maximum atomic E-state index is 17.6. The minimum Gasteiger partial charge on any atom is -0.305 e. The zero-order valence-corrected chi connectivity index (χ0v) is 37.7. The Morgan fingerprint density at radius 1 is 0.288 bits per heavy atom. The van der Waals surface area contributed by atoms with Gasteiger partial charge in [0.2, 0.25) is 0 Å². The Bertz CT molecular complexity index is 3270. The molecule has 9 aromatic rings. The molecular weight excluding hydrogens is 904 g/mol. The standard InChI is InChI=1S/C54H32F3N5S4/c55-54(56,57)49-50(59-33-17-1-9-25-41(33)63-42-26-10-2-18-34(42)59)51(60-35-19-3-11-27-43(35)64-44-28-12-4-20-36(44)60)53(62-39-23-7-15-31-47(39)66-48-32-16-8-24-40(48)62)58-52(49)61-37-21-5-13-29-45(37)65-46-30-14-6-22-38(46)61/h1-32H. The molecule has 0 unspecified atom stereocenters. The number of para-hydroxylation sites is 8. The van der Waals surface area contributed by atoms with Crippen LogP contribution in [0.15, 0.2) is 233 Å². The first-order valence-electron chi connectivity index (χ1n) is 21.2. The van der Waals surface area contributed by atoms with E-state index in [1.807, 2.05) is 192 Å². The third kappa shape index (κ3) is 6.19. The first kappa shape index (κ1) is 39.6. The molecule has 1 aromatic heterocycles. The van der Waals surface area contributed by atoms with Crippen LogP contribution in [-0.2, 0) is 6.18 Å². The summed E-state index contributed by atoms with van der Waals surface area (Å²) in [6.45, 7) is 0. The molecule has 0 fully saturated rings. The van der Waals surface area contributed by atoms with Crippen molar-refractivity contribution in [1.82, 2.24) is 4.98 Å². The molecule has 4 aliphatic heterocycles. The molecule has 13 rings (SSSR count). The molecule has 5 heterocycles. The molecule has 0 atom stereocenters. The molecule has 318 valence electrons. The molecule has 0 N–H and O–H groups in total. The third-order valence-corrected chi connectivity index (χ3v) is 16.5. The van der Waals surface area contributed by atoms with Gasteiger partial charge < -0.3 is 9.80 Å². The van der Waals surface area contributed by atoms with Gasteiger partial charge in [-0.25, -0.2) is 4.98 Å². The quantitative estimate of drug-likeness (QED) is 0.171. The maximum Gasteiger partial charge on any atom is 0.422 e. The fourth-order valence-electron chi connectivity index (χ4n) is 9.30. The van der Waals surface area contributed by atoms with Gasteiger partial charge in [0, 0.05) is 39.2 Å². The Labute approximate surface area is 395 Å². The van der Waals surface area contributed by atoms with E-state index in [0.29, 0.717) is 28.6 Å². The van der Waals surface area contributed by atoms with Crippen molar-refractivity contribution in [2.24, 2.45) is 0 Å². The normalized spacial score (nSPS) is 14.2. The van der Waals surface area contributed by atoms with Crippen LogP contribution in [0.3, 0.4) is 0 Å². The van der Waals surface area contributed by atoms with Gasteiger partial charge in [0.05, 0.1) is 51.2 Å². The Balaban J connectivity index is 1.28. The highest BCUT2D eigenvalue weighted by atomic mass is 32.2. The van der Waals surface area contributed by atoms with Crippen LogP contribution in [0.5, 0.6) is 0 Å². The van der Waals surface area contributed by atoms with E-state index in [-0.39, 0.29) is 17.2 Å². The molecule has 0 bridgehead atoms. The summed E-state index contributed by atoms with van der Waals surface area (Å²) >= 11 is 6.35. The molecule has 12 heteroatoms. The fourth-order valence-corrected chi connectivity index (χ4v) is 13.5. The van der Waals surface area contributed by atoms with E-state index in [1.54, 1.807) is 51.9 Å². The Kier molecular flexibility index (Phi) is 9.28. The second-order valence-corrected chi connectivity index (χ2v) is 20.2. The Morgan fingerprint density at radius 2 is 0.515 bits per heavy atom. The van der Waals surface area contributed by atoms with Gasteiger partial charge in [-0.15, -0.1) is 0 Å². The predicted octanol–water partition coefficient (Wildman–Crippen LogP) is 17.8. The molecule has 5 nitrogen and oxygen atoms in total. The van der Waals surface area contributed by atoms with Crippen LogP contribution in [0.2, 0.25) is 0 Å². The minimum atomic E-state index is -4.95. The zero-order chi connectivity index (χ0) is 44.1. The predicted molar refractivity (Wildman–Crippen MR) is 264 cm³/mol. The lowest BCUT2D eigenvalue weighted by molar-refractivity contribution is -0.136. The van der Waals surface area contributed by atoms with Crippen molar-refractivity contribution in [3.8, 4) is 0 Å². The molecule has 0 amide bonds. The van der Waals surface area contributed by atoms with E-state index in [9.17, 15) is 0 Å². The average molecular weight is 936 g/mol. The summed E-state index contributed by atoms with van der Waals surface area (Å²) in [5.74, 6) is 0.108. The monoisotopic (exact) mass is 935 g/mol. The van der Waals surface area contributed by atoms with Crippen molar-refractivity contribution in [1.29, 1.82) is 0 Å². The van der Waals surface area contributed by atoms with Crippen LogP contribution in [0.1, 0.15) is 5.56 Å². The van der Waals surface area contributed by atoms with E-state index < -0.39 is 11.7 Å². The zero-order valence-electron chi connectivity index (χ0n) is 34.5. The summed E-state index contributed by atoms with van der Waals surface area (Å²) in [5.41, 5.74) is 4.98. The molecule has 0 radical (unpaired) electrons. The molecule has 8 aromatic carbocycles. The first-order valence-corrected chi connectivity index (χ1v) is 24.5. The highest BCUT2D eigenvalue weighted by Crippen LogP contribution is 2.66. The second kappa shape index (κ2) is 15.5. The molecule has 0 saturated carbocycles. The van der Waals surface area contributed by atoms with Crippen LogP contribution >= 0.6 is 47.0 Å². The molecule has 66 heavy (non-hydrogen) atoms. The summed E-state index contributed by atoms with van der Waals surface area (Å²) in [6, 6.07) is 63.0. The molecule has 4 aliphatic rings. The van der Waals surface area contributed by atoms with Gasteiger partial charge >= 0.3 is 6.18 Å². The summed E-state index contributed by atoms with van der Waals surface area (Å²) < 4.78 is 52.7. The lowest BCUT2D eigenvalue weighted by Crippen LogP contribution is -2.30. The van der Waals surface area contributed by atoms with Crippen molar-refractivity contribution < 1.29 is 13.2 Å². The van der Waals surface area contributed by atoms with Crippen LogP contribution in [0.25, 0.3) is 0 Å². The van der Waals surface area contributed by atoms with Crippen molar-refractivity contribution in [2.75, 3.05) is 19.6 Å². The molecule has 0 saturated heterocycles. The number of hydrogen-bond acceptors (Lipinski definition) is 9. The molecule has 0 spiro atoms. The third-order valence-electron chi connectivity index (χ3n) is 12.0. The lowest BCUT2D eigenvalue weighted by Gasteiger charge is -2.44. The van der Waals surface area contributed by atoms with E-state index >= 15 is 13.2 Å². The van der Waals surface area contributed by atoms with Gasteiger partial charge in [-0.3, -0.25) is 9.80 Å². The maximum absolute atomic E-state index is 17.6. The van der Waals surface area contributed by atoms with Crippen molar-refractivity contribution >= 4 is 116 Å². The molecule has 0 aliphatic carbocycles. The highest BCUT2D eigenvalue weighted by Gasteiger charge is 2.49. The smallest absolute Gasteiger partial charge is 0.305 e. The number of halogens is 3. The number of pyridine rings is 1. The van der Waals surface area contributed by atoms with Gasteiger partial charge in [-0.1, -0.05) is 144 Å². The largest absolute Gasteiger partial charge is 0.422 e. The summed E-state index contributed by atoms with van der Waals surface area (Å²) in [5, 5.41) is 0. The summed E-state index contributed by atoms with van der Waals surface area (Å²) in [6.07, 6.45) is -4.95. The number of nitrogens with zero attached hydrogens (tertiary/aromatic N) is 5. The van der Waals surface area contributed by atoms with Gasteiger partial charge in [0.15, 0.2) is 11.6 Å². The minimum absolute atomic E-state index is 0.0411. The number of hydrogen-bond donors (Lipinski definition) is 0. The Hall–Kier alpha value is -6.70. The SMILES string of the molecule is FC(F)(F)c1c(N2c3ccccc3Sc3ccccc32)nc(N2c3ccccc3Sc3ccccc32)c(N2c3ccccc3Sc3ccccc32)c1N1c2ccccc2Sc2ccccc21. The lowest BCUT2D eigenvalue weighted by atomic mass is 10.0. The Morgan fingerprint density at radius 3 is 0.788 bits per heavy atom. The van der Waals surface area contributed by atoms with Crippen LogP contribution in [-0.4, -0.2) is 4.98 Å². The molecular formula is C54H32F3N5S4. The number of anilines is 12. The van der Waals surface area contributed by atoms with Gasteiger partial charge in [-0.05, 0) is 97.1 Å². The van der Waals surface area contributed by atoms with E-state index in [0.717, 1.165) is 61.9 Å². The number of benzene rings is 8. The van der Waals surface area contributed by atoms with Gasteiger partial charge in [0.25, 0.3) is 0 Å². The second-order valence-electron chi connectivity index (χ2n) is 15.8. The van der Waals surface area contributed by atoms with Crippen LogP contribution in [0.4, 0.5) is 81.7 Å². The van der Waals surface area contributed by atoms with Crippen LogP contribution < -0.4 is 19.6 Å². The number of aromatic nitrogens is 1. The van der Waals surface area contributed by atoms with Crippen molar-refractivity contribution in [2.45, 2.75) is 45.3 Å². The first-order chi connectivity index (χ1) is 32.4. The number of rotatable bonds is 4.